The fraction of sp³-hybridized carbons (Fsp3) is 0.250. The van der Waals surface area contributed by atoms with Crippen LogP contribution in [0.1, 0.15) is 35.1 Å². The van der Waals surface area contributed by atoms with E-state index >= 15 is 0 Å². The molecule has 7 heteroatoms. The Labute approximate surface area is 204 Å². The van der Waals surface area contributed by atoms with E-state index in [0.29, 0.717) is 18.7 Å². The van der Waals surface area contributed by atoms with Crippen molar-refractivity contribution < 1.29 is 19.5 Å². The van der Waals surface area contributed by atoms with Crippen LogP contribution < -0.4 is 15.5 Å². The number of hydrogen-bond donors (Lipinski definition) is 3. The van der Waals surface area contributed by atoms with Gasteiger partial charge >= 0.3 is 12.0 Å². The van der Waals surface area contributed by atoms with E-state index < -0.39 is 5.97 Å². The largest absolute Gasteiger partial charge is 0.481 e. The van der Waals surface area contributed by atoms with Crippen molar-refractivity contribution in [3.05, 3.63) is 89.0 Å². The summed E-state index contributed by atoms with van der Waals surface area (Å²) in [7, 11) is 0. The van der Waals surface area contributed by atoms with Crippen LogP contribution >= 0.6 is 0 Å². The topological polar surface area (TPSA) is 98.7 Å². The number of carbonyl (C=O) groups is 3. The molecule has 0 bridgehead atoms. The van der Waals surface area contributed by atoms with Gasteiger partial charge in [-0.25, -0.2) is 4.79 Å². The zero-order chi connectivity index (χ0) is 24.8. The van der Waals surface area contributed by atoms with Crippen molar-refractivity contribution in [2.24, 2.45) is 0 Å². The van der Waals surface area contributed by atoms with E-state index in [-0.39, 0.29) is 24.8 Å². The number of aryl methyl sites for hydroxylation is 3. The Balaban J connectivity index is 1.36. The van der Waals surface area contributed by atoms with Crippen molar-refractivity contribution in [2.75, 3.05) is 22.1 Å². The predicted octanol–water partition coefficient (Wildman–Crippen LogP) is 5.18. The first-order valence-electron chi connectivity index (χ1n) is 11.8. The number of rotatable bonds is 7. The van der Waals surface area contributed by atoms with Crippen LogP contribution in [0.3, 0.4) is 0 Å². The second-order valence-corrected chi connectivity index (χ2v) is 8.77. The number of hydrogen-bond acceptors (Lipinski definition) is 3. The molecule has 0 unspecified atom stereocenters. The fourth-order valence-corrected chi connectivity index (χ4v) is 4.29. The lowest BCUT2D eigenvalue weighted by molar-refractivity contribution is -0.137. The van der Waals surface area contributed by atoms with Gasteiger partial charge in [0.25, 0.3) is 0 Å². The molecule has 180 valence electrons. The number of benzene rings is 3. The van der Waals surface area contributed by atoms with Gasteiger partial charge in [0.05, 0.1) is 6.42 Å². The van der Waals surface area contributed by atoms with Crippen molar-refractivity contribution in [3.63, 3.8) is 0 Å². The second kappa shape index (κ2) is 10.9. The monoisotopic (exact) mass is 471 g/mol. The van der Waals surface area contributed by atoms with Gasteiger partial charge in [-0.1, -0.05) is 42.5 Å². The number of para-hydroxylation sites is 1. The summed E-state index contributed by atoms with van der Waals surface area (Å²) in [5, 5.41) is 14.6. The summed E-state index contributed by atoms with van der Waals surface area (Å²) in [4.78, 5) is 38.1. The number of carboxylic acids is 1. The molecule has 0 saturated heterocycles. The molecule has 0 aliphatic carbocycles. The van der Waals surface area contributed by atoms with Gasteiger partial charge < -0.3 is 20.6 Å². The molecule has 0 spiro atoms. The molecule has 4 rings (SSSR count). The SMILES string of the molecule is Cc1ccccc1NC(=O)Nc1ccc(CC(=O)N2CCCc3cc(CCC(=O)O)ccc32)cc1. The Hall–Kier alpha value is -4.13. The number of anilines is 3. The summed E-state index contributed by atoms with van der Waals surface area (Å²) in [6, 6.07) is 20.4. The van der Waals surface area contributed by atoms with Crippen molar-refractivity contribution in [1.29, 1.82) is 0 Å². The molecule has 1 aliphatic heterocycles. The lowest BCUT2D eigenvalue weighted by atomic mass is 9.97. The summed E-state index contributed by atoms with van der Waals surface area (Å²) in [6.07, 6.45) is 2.60. The van der Waals surface area contributed by atoms with Crippen LogP contribution in [0, 0.1) is 6.92 Å². The Morgan fingerprint density at radius 1 is 0.943 bits per heavy atom. The lowest BCUT2D eigenvalue weighted by Gasteiger charge is -2.30. The molecule has 3 aromatic rings. The molecule has 35 heavy (non-hydrogen) atoms. The van der Waals surface area contributed by atoms with Crippen molar-refractivity contribution in [3.8, 4) is 0 Å². The van der Waals surface area contributed by atoms with E-state index in [9.17, 15) is 14.4 Å². The summed E-state index contributed by atoms with van der Waals surface area (Å²) in [5.41, 5.74) is 6.22. The fourth-order valence-electron chi connectivity index (χ4n) is 4.29. The average Bonchev–Trinajstić information content (AvgIpc) is 2.84. The third-order valence-electron chi connectivity index (χ3n) is 6.15. The third-order valence-corrected chi connectivity index (χ3v) is 6.15. The average molecular weight is 472 g/mol. The molecule has 3 aromatic carbocycles. The van der Waals surface area contributed by atoms with Gasteiger partial charge in [-0.15, -0.1) is 0 Å². The Morgan fingerprint density at radius 3 is 2.43 bits per heavy atom. The molecule has 0 radical (unpaired) electrons. The van der Waals surface area contributed by atoms with Crippen LogP contribution in [0.4, 0.5) is 21.9 Å². The molecule has 0 atom stereocenters. The Kier molecular flexibility index (Phi) is 7.45. The quantitative estimate of drug-likeness (QED) is 0.442. The molecule has 0 aromatic heterocycles. The van der Waals surface area contributed by atoms with Crippen molar-refractivity contribution >= 4 is 35.0 Å². The van der Waals surface area contributed by atoms with E-state index in [2.05, 4.69) is 10.6 Å². The van der Waals surface area contributed by atoms with Gasteiger partial charge in [-0.3, -0.25) is 9.59 Å². The Bertz CT molecular complexity index is 1240. The number of amides is 3. The first-order chi connectivity index (χ1) is 16.9. The first kappa shape index (κ1) is 24.0. The number of fused-ring (bicyclic) bond motifs is 1. The normalized spacial score (nSPS) is 12.5. The molecular weight excluding hydrogens is 442 g/mol. The summed E-state index contributed by atoms with van der Waals surface area (Å²) in [5.74, 6) is -0.796. The van der Waals surface area contributed by atoms with Crippen LogP contribution in [0.25, 0.3) is 0 Å². The standard InChI is InChI=1S/C28H29N3O4/c1-19-5-2-3-7-24(19)30-28(35)29-23-12-8-21(9-13-23)18-26(32)31-16-4-6-22-17-20(10-14-25(22)31)11-15-27(33)34/h2-3,5,7-10,12-14,17H,4,6,11,15-16,18H2,1H3,(H,33,34)(H2,29,30,35). The minimum atomic E-state index is -0.812. The smallest absolute Gasteiger partial charge is 0.323 e. The van der Waals surface area contributed by atoms with Gasteiger partial charge in [0.1, 0.15) is 0 Å². The Morgan fingerprint density at radius 2 is 1.69 bits per heavy atom. The first-order valence-corrected chi connectivity index (χ1v) is 11.8. The zero-order valence-corrected chi connectivity index (χ0v) is 19.7. The minimum absolute atomic E-state index is 0.0160. The number of carbonyl (C=O) groups excluding carboxylic acids is 2. The van der Waals surface area contributed by atoms with Crippen molar-refractivity contribution in [1.82, 2.24) is 0 Å². The number of urea groups is 1. The second-order valence-electron chi connectivity index (χ2n) is 8.77. The molecular formula is C28H29N3O4. The lowest BCUT2D eigenvalue weighted by Crippen LogP contribution is -2.36. The molecule has 0 saturated carbocycles. The number of carboxylic acid groups (broad SMARTS) is 1. The van der Waals surface area contributed by atoms with E-state index in [1.807, 2.05) is 66.4 Å². The molecule has 3 N–H and O–H groups in total. The molecule has 7 nitrogen and oxygen atoms in total. The molecule has 0 fully saturated rings. The highest BCUT2D eigenvalue weighted by Crippen LogP contribution is 2.29. The maximum absolute atomic E-state index is 13.1. The summed E-state index contributed by atoms with van der Waals surface area (Å²) >= 11 is 0. The highest BCUT2D eigenvalue weighted by molar-refractivity contribution is 6.00. The molecule has 1 heterocycles. The van der Waals surface area contributed by atoms with E-state index in [4.69, 9.17) is 5.11 Å². The summed E-state index contributed by atoms with van der Waals surface area (Å²) in [6.45, 7) is 2.60. The minimum Gasteiger partial charge on any atom is -0.481 e. The van der Waals surface area contributed by atoms with Gasteiger partial charge in [-0.2, -0.15) is 0 Å². The molecule has 1 aliphatic rings. The van der Waals surface area contributed by atoms with Crippen LogP contribution in [-0.4, -0.2) is 29.6 Å². The molecule has 3 amide bonds. The van der Waals surface area contributed by atoms with Crippen LogP contribution in [0.5, 0.6) is 0 Å². The van der Waals surface area contributed by atoms with Gasteiger partial charge in [0.15, 0.2) is 0 Å². The van der Waals surface area contributed by atoms with Gasteiger partial charge in [0, 0.05) is 30.0 Å². The third kappa shape index (κ3) is 6.26. The van der Waals surface area contributed by atoms with Gasteiger partial charge in [-0.05, 0) is 72.7 Å². The van der Waals surface area contributed by atoms with Crippen LogP contribution in [0.15, 0.2) is 66.7 Å². The van der Waals surface area contributed by atoms with Gasteiger partial charge in [0.2, 0.25) is 5.91 Å². The maximum Gasteiger partial charge on any atom is 0.323 e. The van der Waals surface area contributed by atoms with Crippen LogP contribution in [0.2, 0.25) is 0 Å². The zero-order valence-electron chi connectivity index (χ0n) is 19.7. The number of nitrogens with zero attached hydrogens (tertiary/aromatic N) is 1. The predicted molar refractivity (Wildman–Crippen MR) is 137 cm³/mol. The number of aliphatic carboxylic acids is 1. The van der Waals surface area contributed by atoms with E-state index in [1.165, 1.54) is 0 Å². The summed E-state index contributed by atoms with van der Waals surface area (Å²) < 4.78 is 0. The highest BCUT2D eigenvalue weighted by atomic mass is 16.4. The number of nitrogens with one attached hydrogen (secondary N) is 2. The maximum atomic E-state index is 13.1. The van der Waals surface area contributed by atoms with E-state index in [0.717, 1.165) is 46.5 Å². The van der Waals surface area contributed by atoms with E-state index in [1.54, 1.807) is 12.1 Å². The van der Waals surface area contributed by atoms with Crippen molar-refractivity contribution in [2.45, 2.75) is 39.0 Å². The van der Waals surface area contributed by atoms with Crippen LogP contribution in [-0.2, 0) is 28.9 Å². The highest BCUT2D eigenvalue weighted by Gasteiger charge is 2.23.